The van der Waals surface area contributed by atoms with E-state index in [2.05, 4.69) is 26.3 Å². The highest BCUT2D eigenvalue weighted by molar-refractivity contribution is 7.15. The topological polar surface area (TPSA) is 77.7 Å². The predicted octanol–water partition coefficient (Wildman–Crippen LogP) is 1.97. The number of nitrogens with zero attached hydrogens (tertiary/aromatic N) is 5. The molecule has 0 saturated heterocycles. The first-order valence-electron chi connectivity index (χ1n) is 5.81. The first-order valence-corrected chi connectivity index (χ1v) is 6.63. The molecule has 0 amide bonds. The van der Waals surface area contributed by atoms with Crippen LogP contribution in [0.5, 0.6) is 0 Å². The summed E-state index contributed by atoms with van der Waals surface area (Å²) in [5, 5.41) is 12.0. The molecular formula is C12H14N6S. The first kappa shape index (κ1) is 13.2. The third kappa shape index (κ3) is 2.98. The zero-order valence-corrected chi connectivity index (χ0v) is 11.8. The Kier molecular flexibility index (Phi) is 3.92. The highest BCUT2D eigenvalue weighted by atomic mass is 32.1. The predicted molar refractivity (Wildman–Crippen MR) is 76.3 cm³/mol. The number of nitriles is 1. The third-order valence-corrected chi connectivity index (χ3v) is 3.28. The zero-order valence-electron chi connectivity index (χ0n) is 11.0. The van der Waals surface area contributed by atoms with E-state index in [1.54, 1.807) is 6.07 Å². The van der Waals surface area contributed by atoms with Crippen molar-refractivity contribution in [3.8, 4) is 16.8 Å². The van der Waals surface area contributed by atoms with Crippen LogP contribution < -0.4 is 10.2 Å². The number of anilines is 2. The summed E-state index contributed by atoms with van der Waals surface area (Å²) in [6.07, 6.45) is 0. The highest BCUT2D eigenvalue weighted by Crippen LogP contribution is 2.26. The number of nitrogens with one attached hydrogen (secondary N) is 1. The fourth-order valence-corrected chi connectivity index (χ4v) is 2.17. The minimum absolute atomic E-state index is 0.545. The lowest BCUT2D eigenvalue weighted by Gasteiger charge is -2.12. The number of rotatable bonds is 4. The maximum absolute atomic E-state index is 8.87. The highest BCUT2D eigenvalue weighted by Gasteiger charge is 2.11. The third-order valence-electron chi connectivity index (χ3n) is 2.30. The van der Waals surface area contributed by atoms with E-state index in [0.29, 0.717) is 22.6 Å². The van der Waals surface area contributed by atoms with Crippen molar-refractivity contribution < 1.29 is 0 Å². The van der Waals surface area contributed by atoms with Gasteiger partial charge in [0.25, 0.3) is 0 Å². The van der Waals surface area contributed by atoms with Gasteiger partial charge in [0, 0.05) is 20.6 Å². The van der Waals surface area contributed by atoms with Gasteiger partial charge >= 0.3 is 0 Å². The summed E-state index contributed by atoms with van der Waals surface area (Å²) < 4.78 is 0. The van der Waals surface area contributed by atoms with Crippen molar-refractivity contribution in [3.63, 3.8) is 0 Å². The first-order chi connectivity index (χ1) is 9.13. The normalized spacial score (nSPS) is 10.0. The zero-order chi connectivity index (χ0) is 13.8. The van der Waals surface area contributed by atoms with Crippen molar-refractivity contribution in [2.24, 2.45) is 0 Å². The molecule has 0 aromatic carbocycles. The summed E-state index contributed by atoms with van der Waals surface area (Å²) in [6.45, 7) is 2.72. The number of hydrogen-bond acceptors (Lipinski definition) is 7. The molecule has 0 atom stereocenters. The van der Waals surface area contributed by atoms with Gasteiger partial charge in [-0.3, -0.25) is 0 Å². The molecule has 1 N–H and O–H groups in total. The van der Waals surface area contributed by atoms with E-state index in [1.165, 1.54) is 11.3 Å². The van der Waals surface area contributed by atoms with Gasteiger partial charge in [-0.25, -0.2) is 0 Å². The Labute approximate surface area is 115 Å². The molecule has 0 bridgehead atoms. The van der Waals surface area contributed by atoms with Crippen molar-refractivity contribution >= 4 is 23.2 Å². The van der Waals surface area contributed by atoms with Gasteiger partial charge < -0.3 is 10.2 Å². The van der Waals surface area contributed by atoms with Crippen LogP contribution in [0.2, 0.25) is 0 Å². The molecule has 6 nitrogen and oxygen atoms in total. The molecule has 2 heterocycles. The Morgan fingerprint density at radius 2 is 2.11 bits per heavy atom. The lowest BCUT2D eigenvalue weighted by molar-refractivity contribution is 0.955. The van der Waals surface area contributed by atoms with E-state index in [-0.39, 0.29) is 0 Å². The van der Waals surface area contributed by atoms with Crippen LogP contribution in [0.1, 0.15) is 11.8 Å². The molecule has 98 valence electrons. The van der Waals surface area contributed by atoms with Crippen LogP contribution >= 0.6 is 11.3 Å². The lowest BCUT2D eigenvalue weighted by atomic mass is 10.4. The number of aromatic nitrogens is 3. The fraction of sp³-hybridized carbons (Fsp3) is 0.333. The molecule has 0 saturated carbocycles. The Balaban J connectivity index is 2.46. The minimum atomic E-state index is 0.545. The van der Waals surface area contributed by atoms with Gasteiger partial charge in [-0.2, -0.15) is 20.2 Å². The smallest absolute Gasteiger partial charge is 0.230 e. The quantitative estimate of drug-likeness (QED) is 0.918. The molecule has 2 rings (SSSR count). The average Bonchev–Trinajstić information content (AvgIpc) is 2.87. The van der Waals surface area contributed by atoms with Gasteiger partial charge in [0.1, 0.15) is 10.9 Å². The fourth-order valence-electron chi connectivity index (χ4n) is 1.43. The summed E-state index contributed by atoms with van der Waals surface area (Å²) >= 11 is 1.37. The van der Waals surface area contributed by atoms with Crippen molar-refractivity contribution in [2.45, 2.75) is 6.92 Å². The second-order valence-electron chi connectivity index (χ2n) is 3.98. The molecule has 0 unspecified atom stereocenters. The number of thiophene rings is 1. The second-order valence-corrected chi connectivity index (χ2v) is 5.07. The van der Waals surface area contributed by atoms with E-state index in [0.717, 1.165) is 11.4 Å². The largest absolute Gasteiger partial charge is 0.354 e. The van der Waals surface area contributed by atoms with Crippen LogP contribution in [-0.2, 0) is 0 Å². The lowest BCUT2D eigenvalue weighted by Crippen LogP contribution is -2.15. The molecule has 19 heavy (non-hydrogen) atoms. The molecule has 0 aliphatic carbocycles. The van der Waals surface area contributed by atoms with Crippen molar-refractivity contribution in [3.05, 3.63) is 17.0 Å². The molecule has 0 aliphatic heterocycles. The summed E-state index contributed by atoms with van der Waals surface area (Å²) in [6, 6.07) is 5.74. The molecule has 2 aromatic heterocycles. The van der Waals surface area contributed by atoms with E-state index < -0.39 is 0 Å². The van der Waals surface area contributed by atoms with Crippen molar-refractivity contribution in [2.75, 3.05) is 30.9 Å². The van der Waals surface area contributed by atoms with Crippen LogP contribution in [0, 0.1) is 11.3 Å². The summed E-state index contributed by atoms with van der Waals surface area (Å²) in [5.41, 5.74) is 0. The maximum Gasteiger partial charge on any atom is 0.230 e. The average molecular weight is 274 g/mol. The molecule has 7 heteroatoms. The van der Waals surface area contributed by atoms with Gasteiger partial charge in [-0.15, -0.1) is 11.3 Å². The molecule has 2 aromatic rings. The molecule has 0 aliphatic rings. The molecular weight excluding hydrogens is 260 g/mol. The Morgan fingerprint density at radius 3 is 2.68 bits per heavy atom. The van der Waals surface area contributed by atoms with E-state index in [4.69, 9.17) is 5.26 Å². The summed E-state index contributed by atoms with van der Waals surface area (Å²) in [5.74, 6) is 1.72. The molecule has 0 fully saturated rings. The molecule has 0 radical (unpaired) electrons. The van der Waals surface area contributed by atoms with Crippen LogP contribution in [-0.4, -0.2) is 35.6 Å². The Morgan fingerprint density at radius 1 is 1.32 bits per heavy atom. The van der Waals surface area contributed by atoms with Gasteiger partial charge in [0.05, 0.1) is 4.88 Å². The monoisotopic (exact) mass is 274 g/mol. The van der Waals surface area contributed by atoms with Crippen molar-refractivity contribution in [1.82, 2.24) is 15.0 Å². The van der Waals surface area contributed by atoms with Gasteiger partial charge in [0.15, 0.2) is 5.82 Å². The number of hydrogen-bond donors (Lipinski definition) is 1. The Bertz CT molecular complexity index is 613. The second kappa shape index (κ2) is 5.63. The minimum Gasteiger partial charge on any atom is -0.354 e. The van der Waals surface area contributed by atoms with E-state index in [9.17, 15) is 0 Å². The summed E-state index contributed by atoms with van der Waals surface area (Å²) in [4.78, 5) is 16.4. The van der Waals surface area contributed by atoms with Gasteiger partial charge in [0.2, 0.25) is 11.9 Å². The van der Waals surface area contributed by atoms with Gasteiger partial charge in [-0.1, -0.05) is 0 Å². The van der Waals surface area contributed by atoms with E-state index >= 15 is 0 Å². The molecule has 0 spiro atoms. The summed E-state index contributed by atoms with van der Waals surface area (Å²) in [7, 11) is 3.76. The van der Waals surface area contributed by atoms with Crippen LogP contribution in [0.4, 0.5) is 11.9 Å². The van der Waals surface area contributed by atoms with Crippen molar-refractivity contribution in [1.29, 1.82) is 5.26 Å². The maximum atomic E-state index is 8.87. The van der Waals surface area contributed by atoms with Crippen LogP contribution in [0.25, 0.3) is 10.7 Å². The van der Waals surface area contributed by atoms with E-state index in [1.807, 2.05) is 32.0 Å². The Hall–Kier alpha value is -2.20. The van der Waals surface area contributed by atoms with Crippen LogP contribution in [0.15, 0.2) is 12.1 Å². The van der Waals surface area contributed by atoms with Gasteiger partial charge in [-0.05, 0) is 19.1 Å². The van der Waals surface area contributed by atoms with Crippen LogP contribution in [0.3, 0.4) is 0 Å². The SMILES string of the molecule is CCNc1nc(-c2ccc(C#N)s2)nc(N(C)C)n1. The standard InChI is InChI=1S/C12H14N6S/c1-4-14-11-15-10(16-12(17-11)18(2)3)9-6-5-8(7-13)19-9/h5-6H,4H2,1-3H3,(H,14,15,16,17).